The van der Waals surface area contributed by atoms with Gasteiger partial charge in [-0.15, -0.1) is 0 Å². The van der Waals surface area contributed by atoms with Gasteiger partial charge >= 0.3 is 11.9 Å². The summed E-state index contributed by atoms with van der Waals surface area (Å²) in [6.07, 6.45) is 14.6. The van der Waals surface area contributed by atoms with Gasteiger partial charge in [0.15, 0.2) is 6.10 Å². The smallest absolute Gasteiger partial charge is 0.306 e. The Labute approximate surface area is 224 Å². The molecule has 0 aromatic heterocycles. The van der Waals surface area contributed by atoms with E-state index >= 15 is 0 Å². The second kappa shape index (κ2) is 21.3. The Balaban J connectivity index is 1.79. The van der Waals surface area contributed by atoms with E-state index in [1.54, 1.807) is 0 Å². The summed E-state index contributed by atoms with van der Waals surface area (Å²) in [5, 5.41) is 0. The van der Waals surface area contributed by atoms with Crippen LogP contribution in [0.3, 0.4) is 0 Å². The molecular weight excluding hydrogens is 464 g/mol. The van der Waals surface area contributed by atoms with Crippen molar-refractivity contribution in [2.75, 3.05) is 13.2 Å². The van der Waals surface area contributed by atoms with Gasteiger partial charge in [-0.05, 0) is 43.1 Å². The fourth-order valence-corrected chi connectivity index (χ4v) is 4.09. The van der Waals surface area contributed by atoms with Crippen LogP contribution >= 0.6 is 0 Å². The topological polar surface area (TPSA) is 61.8 Å². The highest BCUT2D eigenvalue weighted by atomic mass is 16.6. The second-order valence-electron chi connectivity index (χ2n) is 9.64. The van der Waals surface area contributed by atoms with E-state index in [0.29, 0.717) is 19.4 Å². The molecule has 0 amide bonds. The molecule has 0 radical (unpaired) electrons. The molecule has 202 valence electrons. The van der Waals surface area contributed by atoms with Gasteiger partial charge in [0.2, 0.25) is 0 Å². The molecule has 1 aliphatic rings. The highest BCUT2D eigenvalue weighted by molar-refractivity contribution is 5.70. The summed E-state index contributed by atoms with van der Waals surface area (Å²) in [4.78, 5) is 24.7. The third-order valence-electron chi connectivity index (χ3n) is 6.25. The number of ether oxygens (including phenoxy) is 3. The van der Waals surface area contributed by atoms with Crippen LogP contribution in [0.15, 0.2) is 30.3 Å². The van der Waals surface area contributed by atoms with Crippen molar-refractivity contribution in [1.82, 2.24) is 0 Å². The lowest BCUT2D eigenvalue weighted by Gasteiger charge is -2.18. The number of hydrogen-bond donors (Lipinski definition) is 0. The standard InChI is InChI=1S/C32H44O5/c33-31-24-20-15-13-11-9-7-5-3-1-2-4-6-8-10-12-14-16-21-25-32(34)37-30(28-36-31)27-35-26-29-22-18-17-19-23-29/h17-19,22-23,30H,5-16,20-21,24-28H2. The third kappa shape index (κ3) is 17.4. The fourth-order valence-electron chi connectivity index (χ4n) is 4.09. The van der Waals surface area contributed by atoms with Gasteiger partial charge in [-0.25, -0.2) is 0 Å². The van der Waals surface area contributed by atoms with Crippen molar-refractivity contribution in [1.29, 1.82) is 0 Å². The quantitative estimate of drug-likeness (QED) is 0.326. The number of cyclic esters (lactones) is 2. The molecule has 1 aromatic carbocycles. The maximum absolute atomic E-state index is 12.4. The minimum Gasteiger partial charge on any atom is -0.462 e. The van der Waals surface area contributed by atoms with Crippen molar-refractivity contribution in [3.05, 3.63) is 35.9 Å². The number of rotatable bonds is 4. The van der Waals surface area contributed by atoms with Crippen molar-refractivity contribution in [2.45, 2.75) is 115 Å². The van der Waals surface area contributed by atoms with E-state index in [4.69, 9.17) is 14.2 Å². The lowest BCUT2D eigenvalue weighted by atomic mass is 10.1. The lowest BCUT2D eigenvalue weighted by Crippen LogP contribution is -2.29. The Kier molecular flexibility index (Phi) is 17.6. The molecule has 1 aromatic rings. The van der Waals surface area contributed by atoms with E-state index in [-0.39, 0.29) is 25.2 Å². The Morgan fingerprint density at radius 3 is 1.86 bits per heavy atom. The third-order valence-corrected chi connectivity index (χ3v) is 6.25. The van der Waals surface area contributed by atoms with Crippen molar-refractivity contribution >= 4 is 11.9 Å². The molecule has 1 aliphatic heterocycles. The molecular formula is C32H44O5. The zero-order valence-corrected chi connectivity index (χ0v) is 22.4. The van der Waals surface area contributed by atoms with Gasteiger partial charge in [-0.3, -0.25) is 9.59 Å². The van der Waals surface area contributed by atoms with Gasteiger partial charge in [0.1, 0.15) is 6.61 Å². The summed E-state index contributed by atoms with van der Waals surface area (Å²) >= 11 is 0. The molecule has 5 nitrogen and oxygen atoms in total. The van der Waals surface area contributed by atoms with Crippen LogP contribution in [0.4, 0.5) is 0 Å². The number of hydrogen-bond acceptors (Lipinski definition) is 5. The largest absolute Gasteiger partial charge is 0.462 e. The van der Waals surface area contributed by atoms with Gasteiger partial charge in [-0.2, -0.15) is 0 Å². The fraction of sp³-hybridized carbons (Fsp3) is 0.625. The van der Waals surface area contributed by atoms with Crippen molar-refractivity contribution in [2.24, 2.45) is 0 Å². The van der Waals surface area contributed by atoms with Crippen LogP contribution in [0.5, 0.6) is 0 Å². The molecule has 1 unspecified atom stereocenters. The van der Waals surface area contributed by atoms with Crippen LogP contribution in [0.25, 0.3) is 0 Å². The predicted octanol–water partition coefficient (Wildman–Crippen LogP) is 6.92. The minimum absolute atomic E-state index is 0.0310. The first-order valence-corrected chi connectivity index (χ1v) is 14.2. The Morgan fingerprint density at radius 1 is 0.703 bits per heavy atom. The molecule has 37 heavy (non-hydrogen) atoms. The Bertz CT molecular complexity index is 871. The second-order valence-corrected chi connectivity index (χ2v) is 9.64. The van der Waals surface area contributed by atoms with Crippen LogP contribution in [-0.2, 0) is 30.4 Å². The van der Waals surface area contributed by atoms with Gasteiger partial charge in [-0.1, -0.05) is 93.5 Å². The molecule has 5 heteroatoms. The Hall–Kier alpha value is -2.76. The van der Waals surface area contributed by atoms with E-state index in [2.05, 4.69) is 23.7 Å². The highest BCUT2D eigenvalue weighted by Crippen LogP contribution is 2.12. The zero-order chi connectivity index (χ0) is 26.2. The van der Waals surface area contributed by atoms with Gasteiger partial charge in [0.05, 0.1) is 13.2 Å². The van der Waals surface area contributed by atoms with Gasteiger partial charge < -0.3 is 14.2 Å². The molecule has 1 atom stereocenters. The van der Waals surface area contributed by atoms with Crippen LogP contribution in [-0.4, -0.2) is 31.3 Å². The average Bonchev–Trinajstić information content (AvgIpc) is 2.90. The first-order chi connectivity index (χ1) is 18.2. The molecule has 0 saturated carbocycles. The van der Waals surface area contributed by atoms with E-state index in [1.165, 1.54) is 0 Å². The van der Waals surface area contributed by atoms with Crippen LogP contribution in [0, 0.1) is 23.7 Å². The summed E-state index contributed by atoms with van der Waals surface area (Å²) in [6, 6.07) is 9.84. The maximum Gasteiger partial charge on any atom is 0.306 e. The minimum atomic E-state index is -0.595. The van der Waals surface area contributed by atoms with Crippen molar-refractivity contribution < 1.29 is 23.8 Å². The molecule has 2 rings (SSSR count). The first kappa shape index (κ1) is 30.5. The van der Waals surface area contributed by atoms with Gasteiger partial charge in [0, 0.05) is 25.7 Å². The molecule has 0 aliphatic carbocycles. The summed E-state index contributed by atoms with van der Waals surface area (Å²) < 4.78 is 16.8. The van der Waals surface area contributed by atoms with E-state index in [0.717, 1.165) is 95.5 Å². The lowest BCUT2D eigenvalue weighted by molar-refractivity contribution is -0.163. The molecule has 0 fully saturated rings. The summed E-state index contributed by atoms with van der Waals surface area (Å²) in [5.74, 6) is 11.7. The monoisotopic (exact) mass is 508 g/mol. The van der Waals surface area contributed by atoms with E-state index in [9.17, 15) is 9.59 Å². The number of benzene rings is 1. The van der Waals surface area contributed by atoms with Crippen LogP contribution in [0.2, 0.25) is 0 Å². The molecule has 0 bridgehead atoms. The van der Waals surface area contributed by atoms with Gasteiger partial charge in [0.25, 0.3) is 0 Å². The van der Waals surface area contributed by atoms with Crippen LogP contribution < -0.4 is 0 Å². The van der Waals surface area contributed by atoms with E-state index < -0.39 is 6.10 Å². The summed E-state index contributed by atoms with van der Waals surface area (Å²) in [7, 11) is 0. The highest BCUT2D eigenvalue weighted by Gasteiger charge is 2.17. The number of carbonyl (C=O) groups is 2. The maximum atomic E-state index is 12.4. The van der Waals surface area contributed by atoms with Crippen LogP contribution in [0.1, 0.15) is 108 Å². The Morgan fingerprint density at radius 2 is 1.24 bits per heavy atom. The summed E-state index contributed by atoms with van der Waals surface area (Å²) in [5.41, 5.74) is 1.04. The molecule has 0 saturated heterocycles. The first-order valence-electron chi connectivity index (χ1n) is 14.2. The predicted molar refractivity (Wildman–Crippen MR) is 146 cm³/mol. The molecule has 0 N–H and O–H groups in total. The van der Waals surface area contributed by atoms with E-state index in [1.807, 2.05) is 30.3 Å². The average molecular weight is 509 g/mol. The zero-order valence-electron chi connectivity index (χ0n) is 22.4. The molecule has 1 heterocycles. The van der Waals surface area contributed by atoms with Crippen molar-refractivity contribution in [3.63, 3.8) is 0 Å². The number of esters is 2. The summed E-state index contributed by atoms with van der Waals surface area (Å²) in [6.45, 7) is 0.644. The number of carbonyl (C=O) groups excluding carboxylic acids is 2. The normalized spacial score (nSPS) is 20.3. The van der Waals surface area contributed by atoms with Crippen molar-refractivity contribution in [3.8, 4) is 23.7 Å². The SMILES string of the molecule is O=C1CCCCCCCCC#CC#CCCCCCCCCC(=O)OC(COCc2ccccc2)CO1. The molecule has 0 spiro atoms.